The molecule has 0 N–H and O–H groups in total. The molecule has 0 aromatic heterocycles. The van der Waals surface area contributed by atoms with E-state index in [1.165, 1.54) is 6.42 Å². The Labute approximate surface area is 138 Å². The van der Waals surface area contributed by atoms with Crippen LogP contribution in [0.4, 0.5) is 0 Å². The van der Waals surface area contributed by atoms with Crippen LogP contribution < -0.4 is 24.8 Å². The van der Waals surface area contributed by atoms with Crippen molar-refractivity contribution in [3.8, 4) is 0 Å². The van der Waals surface area contributed by atoms with Gasteiger partial charge in [0, 0.05) is 0 Å². The van der Waals surface area contributed by atoms with E-state index in [-0.39, 0.29) is 30.2 Å². The molecule has 0 fully saturated rings. The third-order valence-electron chi connectivity index (χ3n) is 3.81. The molecule has 1 atom stereocenters. The van der Waals surface area contributed by atoms with Crippen molar-refractivity contribution in [3.63, 3.8) is 0 Å². The zero-order chi connectivity index (χ0) is 12.6. The standard InChI is InChI=1S/C8H11.C5H5.C2H6Si.2ClH.Zr/c1-6-4-7(2)8(3)5-6;1-2-4-5-3-1;1-3-2;;;/h4,6H,1-3H3;1-3H,4H2;1-2H3;2*1H;/q;;;;;+2/p-2. The monoisotopic (exact) mass is 390 g/mol. The summed E-state index contributed by atoms with van der Waals surface area (Å²) in [6.07, 6.45) is 10.8. The van der Waals surface area contributed by atoms with Gasteiger partial charge in [-0.05, 0) is 0 Å². The van der Waals surface area contributed by atoms with Gasteiger partial charge >= 0.3 is 114 Å². The number of halogens is 2. The Bertz CT molecular complexity index is 506. The molecule has 0 bridgehead atoms. The first kappa shape index (κ1) is 19.6. The molecule has 4 heteroatoms. The first-order chi connectivity index (χ1) is 8.02. The minimum absolute atomic E-state index is 0. The van der Waals surface area contributed by atoms with Crippen LogP contribution in [0.15, 0.2) is 42.0 Å². The van der Waals surface area contributed by atoms with E-state index < -0.39 is 20.4 Å². The van der Waals surface area contributed by atoms with Crippen molar-refractivity contribution in [1.82, 2.24) is 0 Å². The minimum atomic E-state index is -1.49. The van der Waals surface area contributed by atoms with Gasteiger partial charge in [0.1, 0.15) is 0 Å². The molecule has 0 aliphatic heterocycles. The van der Waals surface area contributed by atoms with Crippen molar-refractivity contribution in [3.05, 3.63) is 42.0 Å². The average molecular weight is 393 g/mol. The van der Waals surface area contributed by atoms with Gasteiger partial charge in [-0.1, -0.05) is 0 Å². The molecular formula is C15H22Cl2SiZr. The van der Waals surface area contributed by atoms with Crippen LogP contribution >= 0.6 is 0 Å². The third kappa shape index (κ3) is 4.06. The maximum Gasteiger partial charge on any atom is -1.00 e. The van der Waals surface area contributed by atoms with Gasteiger partial charge in [-0.25, -0.2) is 0 Å². The Balaban J connectivity index is 0.00000162. The fourth-order valence-corrected chi connectivity index (χ4v) is 21.4. The van der Waals surface area contributed by atoms with Crippen molar-refractivity contribution in [1.29, 1.82) is 0 Å². The molecule has 0 spiro atoms. The van der Waals surface area contributed by atoms with Crippen LogP contribution in [0.3, 0.4) is 0 Å². The first-order valence-electron chi connectivity index (χ1n) is 6.46. The molecule has 0 heterocycles. The Hall–Kier alpha value is 0.640. The van der Waals surface area contributed by atoms with Crippen LogP contribution in [-0.2, 0) is 20.4 Å². The van der Waals surface area contributed by atoms with Gasteiger partial charge in [0.05, 0.1) is 0 Å². The summed E-state index contributed by atoms with van der Waals surface area (Å²) in [6, 6.07) is 0. The second-order valence-corrected chi connectivity index (χ2v) is 22.5. The maximum atomic E-state index is 2.54. The molecule has 0 aromatic rings. The normalized spacial score (nSPS) is 20.1. The van der Waals surface area contributed by atoms with E-state index in [1.54, 1.807) is 11.1 Å². The smallest absolute Gasteiger partial charge is 1.00 e. The van der Waals surface area contributed by atoms with E-state index in [4.69, 9.17) is 0 Å². The Kier molecular flexibility index (Phi) is 8.45. The molecule has 1 unspecified atom stereocenters. The Morgan fingerprint density at radius 1 is 1.21 bits per heavy atom. The molecule has 2 aliphatic carbocycles. The van der Waals surface area contributed by atoms with Crippen molar-refractivity contribution < 1.29 is 45.2 Å². The Morgan fingerprint density at radius 3 is 2.21 bits per heavy atom. The summed E-state index contributed by atoms with van der Waals surface area (Å²) in [5, 5.41) is 0. The topological polar surface area (TPSA) is 0 Å². The van der Waals surface area contributed by atoms with E-state index in [1.807, 2.05) is 6.56 Å². The molecule has 0 saturated heterocycles. The summed E-state index contributed by atoms with van der Waals surface area (Å²) in [4.78, 5) is 0. The summed E-state index contributed by atoms with van der Waals surface area (Å²) >= 11 is -1.49. The van der Waals surface area contributed by atoms with Gasteiger partial charge in [-0.15, -0.1) is 0 Å². The predicted molar refractivity (Wildman–Crippen MR) is 74.9 cm³/mol. The SMILES string of the molecule is CC1=CC(C)[C]([Zr+2]([C]2=CC=CC2)=[Si](C)C)=C1C.[Cl-].[Cl-]. The molecule has 0 radical (unpaired) electrons. The summed E-state index contributed by atoms with van der Waals surface area (Å²) < 4.78 is 3.74. The zero-order valence-electron chi connectivity index (χ0n) is 12.3. The molecule has 0 aromatic carbocycles. The van der Waals surface area contributed by atoms with Gasteiger partial charge in [-0.2, -0.15) is 0 Å². The van der Waals surface area contributed by atoms with Crippen LogP contribution in [0.1, 0.15) is 27.2 Å². The fourth-order valence-electron chi connectivity index (χ4n) is 2.95. The molecule has 104 valence electrons. The number of allylic oxidation sites excluding steroid dienone is 8. The molecule has 0 amide bonds. The molecule has 2 aliphatic rings. The van der Waals surface area contributed by atoms with Gasteiger partial charge < -0.3 is 24.8 Å². The molecule has 19 heavy (non-hydrogen) atoms. The number of hydrogen-bond donors (Lipinski definition) is 0. The number of hydrogen-bond acceptors (Lipinski definition) is 0. The van der Waals surface area contributed by atoms with Gasteiger partial charge in [0.2, 0.25) is 0 Å². The average Bonchev–Trinajstić information content (AvgIpc) is 2.83. The van der Waals surface area contributed by atoms with E-state index in [2.05, 4.69) is 58.2 Å². The second kappa shape index (κ2) is 8.17. The summed E-state index contributed by atoms with van der Waals surface area (Å²) in [5.41, 5.74) is 3.06. The van der Waals surface area contributed by atoms with Crippen LogP contribution in [0.2, 0.25) is 13.1 Å². The predicted octanol–water partition coefficient (Wildman–Crippen LogP) is -1.42. The van der Waals surface area contributed by atoms with Crippen molar-refractivity contribution in [2.45, 2.75) is 40.3 Å². The van der Waals surface area contributed by atoms with Crippen LogP contribution in [-0.4, -0.2) is 5.43 Å². The maximum absolute atomic E-state index is 2.54. The zero-order valence-corrected chi connectivity index (χ0v) is 17.3. The summed E-state index contributed by atoms with van der Waals surface area (Å²) in [6.45, 7) is 12.1. The summed E-state index contributed by atoms with van der Waals surface area (Å²) in [5.74, 6) is 0.728. The Morgan fingerprint density at radius 2 is 1.84 bits per heavy atom. The van der Waals surface area contributed by atoms with Gasteiger partial charge in [-0.3, -0.25) is 0 Å². The first-order valence-corrected chi connectivity index (χ1v) is 15.1. The minimum Gasteiger partial charge on any atom is -1.00 e. The fraction of sp³-hybridized carbons (Fsp3) is 0.467. The van der Waals surface area contributed by atoms with Crippen LogP contribution in [0.25, 0.3) is 0 Å². The quantitative estimate of drug-likeness (QED) is 0.506. The molecule has 2 rings (SSSR count). The van der Waals surface area contributed by atoms with Crippen LogP contribution in [0.5, 0.6) is 0 Å². The molecule has 0 nitrogen and oxygen atoms in total. The largest absolute Gasteiger partial charge is 1.00 e. The summed E-state index contributed by atoms with van der Waals surface area (Å²) in [7, 11) is 0. The van der Waals surface area contributed by atoms with Crippen LogP contribution in [0, 0.1) is 5.92 Å². The molecular weight excluding hydrogens is 370 g/mol. The van der Waals surface area contributed by atoms with Gasteiger partial charge in [0.15, 0.2) is 0 Å². The van der Waals surface area contributed by atoms with Crippen molar-refractivity contribution >= 4 is 5.43 Å². The number of rotatable bonds is 2. The molecule has 0 saturated carbocycles. The van der Waals surface area contributed by atoms with Gasteiger partial charge in [0.25, 0.3) is 0 Å². The van der Waals surface area contributed by atoms with E-state index in [0.717, 1.165) is 5.92 Å². The van der Waals surface area contributed by atoms with E-state index >= 15 is 0 Å². The van der Waals surface area contributed by atoms with Crippen molar-refractivity contribution in [2.75, 3.05) is 0 Å². The van der Waals surface area contributed by atoms with E-state index in [9.17, 15) is 0 Å². The van der Waals surface area contributed by atoms with E-state index in [0.29, 0.717) is 0 Å². The van der Waals surface area contributed by atoms with Crippen molar-refractivity contribution in [2.24, 2.45) is 5.92 Å². The third-order valence-corrected chi connectivity index (χ3v) is 21.5. The second-order valence-electron chi connectivity index (χ2n) is 5.38.